The maximum Gasteiger partial charge on any atom is 0.317 e. The van der Waals surface area contributed by atoms with Gasteiger partial charge in [0.25, 0.3) is 5.56 Å². The zero-order chi connectivity index (χ0) is 17.3. The van der Waals surface area contributed by atoms with Crippen molar-refractivity contribution >= 4 is 32.7 Å². The van der Waals surface area contributed by atoms with Crippen LogP contribution < -0.4 is 10.3 Å². The summed E-state index contributed by atoms with van der Waals surface area (Å²) in [4.78, 5) is 24.2. The van der Waals surface area contributed by atoms with Gasteiger partial charge in [-0.1, -0.05) is 34.1 Å². The molecule has 1 aromatic heterocycles. The van der Waals surface area contributed by atoms with Crippen molar-refractivity contribution in [3.05, 3.63) is 68.8 Å². The van der Waals surface area contributed by atoms with E-state index < -0.39 is 11.8 Å². The standard InChI is InChI=1S/C17H12BrFN2O3/c1-21-17(23)12-5-3-2-4-11(12)14(20-21)9-16(22)24-15-7-6-10(18)8-13(15)19/h2-8H,9H2,1H3. The topological polar surface area (TPSA) is 61.2 Å². The molecular weight excluding hydrogens is 379 g/mol. The van der Waals surface area contributed by atoms with Gasteiger partial charge in [0.05, 0.1) is 17.5 Å². The van der Waals surface area contributed by atoms with Gasteiger partial charge in [-0.25, -0.2) is 9.07 Å². The second kappa shape index (κ2) is 6.52. The third-order valence-corrected chi connectivity index (χ3v) is 3.96. The van der Waals surface area contributed by atoms with E-state index in [0.717, 1.165) is 0 Å². The van der Waals surface area contributed by atoms with E-state index in [9.17, 15) is 14.0 Å². The third-order valence-electron chi connectivity index (χ3n) is 3.46. The lowest BCUT2D eigenvalue weighted by Crippen LogP contribution is -2.23. The van der Waals surface area contributed by atoms with Crippen molar-refractivity contribution in [2.75, 3.05) is 0 Å². The smallest absolute Gasteiger partial charge is 0.317 e. The van der Waals surface area contributed by atoms with Gasteiger partial charge in [-0.2, -0.15) is 5.10 Å². The maximum absolute atomic E-state index is 13.8. The van der Waals surface area contributed by atoms with Gasteiger partial charge in [-0.15, -0.1) is 0 Å². The normalized spacial score (nSPS) is 10.8. The molecular formula is C17H12BrFN2O3. The van der Waals surface area contributed by atoms with Gasteiger partial charge < -0.3 is 4.74 Å². The summed E-state index contributed by atoms with van der Waals surface area (Å²) >= 11 is 3.14. The Morgan fingerprint density at radius 3 is 2.67 bits per heavy atom. The van der Waals surface area contributed by atoms with Crippen molar-refractivity contribution < 1.29 is 13.9 Å². The lowest BCUT2D eigenvalue weighted by molar-refractivity contribution is -0.133. The number of benzene rings is 2. The number of aromatic nitrogens is 2. The number of ether oxygens (including phenoxy) is 1. The lowest BCUT2D eigenvalue weighted by Gasteiger charge is -2.09. The number of hydrogen-bond donors (Lipinski definition) is 0. The van der Waals surface area contributed by atoms with Crippen LogP contribution in [-0.4, -0.2) is 15.7 Å². The fourth-order valence-corrected chi connectivity index (χ4v) is 2.69. The average molecular weight is 391 g/mol. The highest BCUT2D eigenvalue weighted by Gasteiger charge is 2.15. The van der Waals surface area contributed by atoms with Gasteiger partial charge in [0.2, 0.25) is 0 Å². The van der Waals surface area contributed by atoms with E-state index in [1.54, 1.807) is 30.3 Å². The summed E-state index contributed by atoms with van der Waals surface area (Å²) in [6.45, 7) is 0. The Morgan fingerprint density at radius 2 is 1.96 bits per heavy atom. The molecule has 3 rings (SSSR count). The van der Waals surface area contributed by atoms with E-state index in [-0.39, 0.29) is 17.7 Å². The maximum atomic E-state index is 13.8. The highest BCUT2D eigenvalue weighted by Crippen LogP contribution is 2.22. The van der Waals surface area contributed by atoms with Crippen LogP contribution in [0.5, 0.6) is 5.75 Å². The number of nitrogens with zero attached hydrogens (tertiary/aromatic N) is 2. The minimum Gasteiger partial charge on any atom is -0.423 e. The van der Waals surface area contributed by atoms with Crippen molar-refractivity contribution in [3.63, 3.8) is 0 Å². The summed E-state index contributed by atoms with van der Waals surface area (Å²) in [5, 5.41) is 5.16. The molecule has 0 spiro atoms. The molecule has 0 radical (unpaired) electrons. The van der Waals surface area contributed by atoms with Gasteiger partial charge in [0, 0.05) is 16.9 Å². The van der Waals surface area contributed by atoms with Gasteiger partial charge in [0.15, 0.2) is 11.6 Å². The van der Waals surface area contributed by atoms with Crippen LogP contribution in [0.4, 0.5) is 4.39 Å². The SMILES string of the molecule is Cn1nc(CC(=O)Oc2ccc(Br)cc2F)c2ccccc2c1=O. The number of esters is 1. The molecule has 1 heterocycles. The van der Waals surface area contributed by atoms with Crippen LogP contribution in [0.25, 0.3) is 10.8 Å². The first-order valence-electron chi connectivity index (χ1n) is 7.06. The molecule has 0 unspecified atom stereocenters. The number of hydrogen-bond acceptors (Lipinski definition) is 4. The first kappa shape index (κ1) is 16.3. The van der Waals surface area contributed by atoms with E-state index in [4.69, 9.17) is 4.74 Å². The van der Waals surface area contributed by atoms with Crippen LogP contribution in [-0.2, 0) is 18.3 Å². The molecule has 0 aliphatic carbocycles. The van der Waals surface area contributed by atoms with Gasteiger partial charge >= 0.3 is 5.97 Å². The minimum atomic E-state index is -0.660. The fourth-order valence-electron chi connectivity index (χ4n) is 2.36. The van der Waals surface area contributed by atoms with E-state index in [1.165, 1.54) is 23.9 Å². The molecule has 0 saturated carbocycles. The molecule has 0 amide bonds. The van der Waals surface area contributed by atoms with Crippen molar-refractivity contribution in [1.29, 1.82) is 0 Å². The molecule has 5 nitrogen and oxygen atoms in total. The summed E-state index contributed by atoms with van der Waals surface area (Å²) in [6.07, 6.45) is -0.176. The second-order valence-electron chi connectivity index (χ2n) is 5.15. The number of rotatable bonds is 3. The van der Waals surface area contributed by atoms with Crippen LogP contribution in [0.2, 0.25) is 0 Å². The number of aryl methyl sites for hydroxylation is 1. The molecule has 2 aromatic carbocycles. The first-order chi connectivity index (χ1) is 11.5. The highest BCUT2D eigenvalue weighted by atomic mass is 79.9. The van der Waals surface area contributed by atoms with Crippen molar-refractivity contribution in [2.45, 2.75) is 6.42 Å². The van der Waals surface area contributed by atoms with Crippen LogP contribution in [0.15, 0.2) is 51.7 Å². The number of carbonyl (C=O) groups is 1. The molecule has 0 N–H and O–H groups in total. The van der Waals surface area contributed by atoms with Gasteiger partial charge in [-0.3, -0.25) is 9.59 Å². The molecule has 0 aliphatic heterocycles. The lowest BCUT2D eigenvalue weighted by atomic mass is 10.1. The molecule has 0 saturated heterocycles. The highest BCUT2D eigenvalue weighted by molar-refractivity contribution is 9.10. The Balaban J connectivity index is 1.91. The number of fused-ring (bicyclic) bond motifs is 1. The van der Waals surface area contributed by atoms with Gasteiger partial charge in [0.1, 0.15) is 0 Å². The summed E-state index contributed by atoms with van der Waals surface area (Å²) in [6, 6.07) is 11.0. The molecule has 0 bridgehead atoms. The molecule has 122 valence electrons. The van der Waals surface area contributed by atoms with E-state index in [2.05, 4.69) is 21.0 Å². The van der Waals surface area contributed by atoms with Gasteiger partial charge in [-0.05, 0) is 24.3 Å². The Hall–Kier alpha value is -2.54. The van der Waals surface area contributed by atoms with Crippen LogP contribution in [0.3, 0.4) is 0 Å². The molecule has 0 aliphatic rings. The Kier molecular flexibility index (Phi) is 4.44. The molecule has 24 heavy (non-hydrogen) atoms. The van der Waals surface area contributed by atoms with Crippen LogP contribution in [0, 0.1) is 5.82 Å². The zero-order valence-corrected chi connectivity index (χ0v) is 14.2. The Morgan fingerprint density at radius 1 is 1.25 bits per heavy atom. The van der Waals surface area contributed by atoms with Crippen molar-refractivity contribution in [3.8, 4) is 5.75 Å². The molecule has 0 fully saturated rings. The van der Waals surface area contributed by atoms with E-state index in [0.29, 0.717) is 20.9 Å². The number of carbonyl (C=O) groups excluding carboxylic acids is 1. The monoisotopic (exact) mass is 390 g/mol. The summed E-state index contributed by atoms with van der Waals surface area (Å²) in [5.41, 5.74) is 0.150. The van der Waals surface area contributed by atoms with E-state index >= 15 is 0 Å². The third kappa shape index (κ3) is 3.21. The number of halogens is 2. The summed E-state index contributed by atoms with van der Waals surface area (Å²) in [5.74, 6) is -1.46. The average Bonchev–Trinajstić information content (AvgIpc) is 2.55. The molecule has 0 atom stereocenters. The molecule has 7 heteroatoms. The van der Waals surface area contributed by atoms with Crippen LogP contribution >= 0.6 is 15.9 Å². The predicted octanol–water partition coefficient (Wildman–Crippen LogP) is 2.98. The van der Waals surface area contributed by atoms with Crippen LogP contribution in [0.1, 0.15) is 5.69 Å². The Bertz CT molecular complexity index is 1000. The quantitative estimate of drug-likeness (QED) is 0.509. The van der Waals surface area contributed by atoms with Crippen molar-refractivity contribution in [1.82, 2.24) is 9.78 Å². The summed E-state index contributed by atoms with van der Waals surface area (Å²) < 4.78 is 20.5. The minimum absolute atomic E-state index is 0.155. The van der Waals surface area contributed by atoms with E-state index in [1.807, 2.05) is 0 Å². The second-order valence-corrected chi connectivity index (χ2v) is 6.06. The Labute approximate surface area is 144 Å². The largest absolute Gasteiger partial charge is 0.423 e. The predicted molar refractivity (Wildman–Crippen MR) is 90.4 cm³/mol. The first-order valence-corrected chi connectivity index (χ1v) is 7.85. The van der Waals surface area contributed by atoms with Crippen molar-refractivity contribution in [2.24, 2.45) is 7.05 Å². The zero-order valence-electron chi connectivity index (χ0n) is 12.6. The fraction of sp³-hybridized carbons (Fsp3) is 0.118. The molecule has 3 aromatic rings. The summed E-state index contributed by atoms with van der Waals surface area (Å²) in [7, 11) is 1.51.